The van der Waals surface area contributed by atoms with Gasteiger partial charge in [0.05, 0.1) is 23.5 Å². The third-order valence-electron chi connectivity index (χ3n) is 2.01. The fraction of sp³-hybridized carbons (Fsp3) is 0.556. The lowest BCUT2D eigenvalue weighted by Gasteiger charge is -2.10. The Bertz CT molecular complexity index is 332. The minimum atomic E-state index is -0.696. The molecular weight excluding hydrogens is 218 g/mol. The molecule has 0 aromatic carbocycles. The highest BCUT2D eigenvalue weighted by atomic mass is 35.5. The predicted molar refractivity (Wildman–Crippen MR) is 56.5 cm³/mol. The average Bonchev–Trinajstić information content (AvgIpc) is 2.49. The number of ether oxygens (including phenoxy) is 1. The van der Waals surface area contributed by atoms with Crippen LogP contribution in [-0.2, 0) is 23.0 Å². The minimum absolute atomic E-state index is 0.325. The molecular formula is C9H14ClN3O2. The van der Waals surface area contributed by atoms with Gasteiger partial charge in [0.15, 0.2) is 0 Å². The molecule has 1 heterocycles. The lowest BCUT2D eigenvalue weighted by molar-refractivity contribution is -0.144. The first-order valence-corrected chi connectivity index (χ1v) is 5.02. The van der Waals surface area contributed by atoms with E-state index in [0.29, 0.717) is 18.1 Å². The van der Waals surface area contributed by atoms with E-state index in [9.17, 15) is 4.79 Å². The zero-order valence-electron chi connectivity index (χ0n) is 8.74. The Morgan fingerprint density at radius 2 is 2.47 bits per heavy atom. The second-order valence-corrected chi connectivity index (χ2v) is 3.53. The Morgan fingerprint density at radius 3 is 2.93 bits per heavy atom. The van der Waals surface area contributed by atoms with Gasteiger partial charge in [-0.2, -0.15) is 5.10 Å². The van der Waals surface area contributed by atoms with Crippen molar-refractivity contribution in [1.82, 2.24) is 9.78 Å². The maximum atomic E-state index is 11.3. The molecule has 0 fully saturated rings. The van der Waals surface area contributed by atoms with Crippen molar-refractivity contribution in [3.8, 4) is 0 Å². The number of carbonyl (C=O) groups is 1. The van der Waals surface area contributed by atoms with Crippen LogP contribution in [0.5, 0.6) is 0 Å². The first-order valence-electron chi connectivity index (χ1n) is 4.64. The van der Waals surface area contributed by atoms with Crippen LogP contribution in [0.3, 0.4) is 0 Å². The molecule has 5 nitrogen and oxygen atoms in total. The van der Waals surface area contributed by atoms with Gasteiger partial charge in [-0.05, 0) is 6.92 Å². The van der Waals surface area contributed by atoms with E-state index >= 15 is 0 Å². The summed E-state index contributed by atoms with van der Waals surface area (Å²) in [7, 11) is 1.75. The largest absolute Gasteiger partial charge is 0.465 e. The quantitative estimate of drug-likeness (QED) is 0.767. The molecule has 0 bridgehead atoms. The van der Waals surface area contributed by atoms with Gasteiger partial charge in [-0.15, -0.1) is 0 Å². The molecule has 1 atom stereocenters. The van der Waals surface area contributed by atoms with Crippen molar-refractivity contribution in [1.29, 1.82) is 0 Å². The van der Waals surface area contributed by atoms with Crippen LogP contribution < -0.4 is 5.73 Å². The molecule has 0 spiro atoms. The molecule has 84 valence electrons. The predicted octanol–water partition coefficient (Wildman–Crippen LogP) is 0.506. The summed E-state index contributed by atoms with van der Waals surface area (Å²) in [6.07, 6.45) is 1.85. The zero-order valence-corrected chi connectivity index (χ0v) is 9.49. The molecule has 0 amide bonds. The zero-order chi connectivity index (χ0) is 11.4. The molecule has 6 heteroatoms. The average molecular weight is 232 g/mol. The van der Waals surface area contributed by atoms with E-state index in [1.807, 2.05) is 0 Å². The molecule has 1 aromatic heterocycles. The van der Waals surface area contributed by atoms with Crippen LogP contribution >= 0.6 is 11.6 Å². The van der Waals surface area contributed by atoms with Crippen LogP contribution in [0.15, 0.2) is 6.20 Å². The van der Waals surface area contributed by atoms with Gasteiger partial charge in [0.25, 0.3) is 0 Å². The van der Waals surface area contributed by atoms with E-state index in [2.05, 4.69) is 5.10 Å². The van der Waals surface area contributed by atoms with Crippen molar-refractivity contribution in [2.75, 3.05) is 6.61 Å². The van der Waals surface area contributed by atoms with Crippen molar-refractivity contribution in [2.24, 2.45) is 12.8 Å². The highest BCUT2D eigenvalue weighted by Gasteiger charge is 2.18. The van der Waals surface area contributed by atoms with E-state index in [4.69, 9.17) is 22.1 Å². The molecule has 2 N–H and O–H groups in total. The second kappa shape index (κ2) is 5.14. The first kappa shape index (κ1) is 12.0. The Balaban J connectivity index is 2.66. The summed E-state index contributed by atoms with van der Waals surface area (Å²) in [5.41, 5.74) is 6.39. The normalized spacial score (nSPS) is 12.5. The SMILES string of the molecule is CCOC(=O)C(N)Cc1c(Cl)cnn1C. The number of aryl methyl sites for hydroxylation is 1. The van der Waals surface area contributed by atoms with E-state index in [-0.39, 0.29) is 0 Å². The molecule has 0 radical (unpaired) electrons. The number of hydrogen-bond donors (Lipinski definition) is 1. The first-order chi connectivity index (χ1) is 7.06. The number of rotatable bonds is 4. The fourth-order valence-corrected chi connectivity index (χ4v) is 1.45. The standard InChI is InChI=1S/C9H14ClN3O2/c1-3-15-9(14)7(11)4-8-6(10)5-12-13(8)2/h5,7H,3-4,11H2,1-2H3. The molecule has 1 aromatic rings. The van der Waals surface area contributed by atoms with Gasteiger partial charge in [-0.3, -0.25) is 9.48 Å². The smallest absolute Gasteiger partial charge is 0.323 e. The summed E-state index contributed by atoms with van der Waals surface area (Å²) >= 11 is 5.88. The van der Waals surface area contributed by atoms with Gasteiger partial charge in [0, 0.05) is 13.5 Å². The fourth-order valence-electron chi connectivity index (χ4n) is 1.21. The van der Waals surface area contributed by atoms with Crippen LogP contribution in [0.2, 0.25) is 5.02 Å². The van der Waals surface area contributed by atoms with Crippen molar-refractivity contribution >= 4 is 17.6 Å². The van der Waals surface area contributed by atoms with Crippen molar-refractivity contribution in [2.45, 2.75) is 19.4 Å². The van der Waals surface area contributed by atoms with Crippen molar-refractivity contribution in [3.63, 3.8) is 0 Å². The molecule has 15 heavy (non-hydrogen) atoms. The molecule has 0 aliphatic rings. The van der Waals surface area contributed by atoms with Crippen LogP contribution in [0.1, 0.15) is 12.6 Å². The van der Waals surface area contributed by atoms with Crippen LogP contribution in [0.25, 0.3) is 0 Å². The van der Waals surface area contributed by atoms with E-state index in [0.717, 1.165) is 5.69 Å². The minimum Gasteiger partial charge on any atom is -0.465 e. The third-order valence-corrected chi connectivity index (χ3v) is 2.33. The lowest BCUT2D eigenvalue weighted by atomic mass is 10.2. The van der Waals surface area contributed by atoms with Crippen LogP contribution in [0, 0.1) is 0 Å². The lowest BCUT2D eigenvalue weighted by Crippen LogP contribution is -2.35. The number of aromatic nitrogens is 2. The van der Waals surface area contributed by atoms with Gasteiger partial charge >= 0.3 is 5.97 Å². The Labute approximate surface area is 93.1 Å². The summed E-state index contributed by atoms with van der Waals surface area (Å²) in [6.45, 7) is 2.06. The summed E-state index contributed by atoms with van der Waals surface area (Å²) in [4.78, 5) is 11.3. The topological polar surface area (TPSA) is 70.1 Å². The van der Waals surface area contributed by atoms with E-state index in [1.165, 1.54) is 6.20 Å². The Kier molecular flexibility index (Phi) is 4.11. The second-order valence-electron chi connectivity index (χ2n) is 3.13. The van der Waals surface area contributed by atoms with Gasteiger partial charge in [0.1, 0.15) is 6.04 Å². The highest BCUT2D eigenvalue weighted by molar-refractivity contribution is 6.31. The highest BCUT2D eigenvalue weighted by Crippen LogP contribution is 2.15. The number of esters is 1. The monoisotopic (exact) mass is 231 g/mol. The molecule has 0 saturated heterocycles. The molecule has 1 unspecified atom stereocenters. The molecule has 1 rings (SSSR count). The van der Waals surface area contributed by atoms with Gasteiger partial charge in [-0.25, -0.2) is 0 Å². The Morgan fingerprint density at radius 1 is 1.80 bits per heavy atom. The summed E-state index contributed by atoms with van der Waals surface area (Å²) < 4.78 is 6.39. The van der Waals surface area contributed by atoms with Gasteiger partial charge in [0.2, 0.25) is 0 Å². The van der Waals surface area contributed by atoms with E-state index < -0.39 is 12.0 Å². The number of carbonyl (C=O) groups excluding carboxylic acids is 1. The summed E-state index contributed by atoms with van der Waals surface area (Å²) in [6, 6.07) is -0.696. The maximum absolute atomic E-state index is 11.3. The van der Waals surface area contributed by atoms with Crippen LogP contribution in [0.4, 0.5) is 0 Å². The Hall–Kier alpha value is -1.07. The summed E-state index contributed by atoms with van der Waals surface area (Å²) in [5, 5.41) is 4.46. The van der Waals surface area contributed by atoms with Gasteiger partial charge < -0.3 is 10.5 Å². The van der Waals surface area contributed by atoms with Crippen LogP contribution in [-0.4, -0.2) is 28.4 Å². The van der Waals surface area contributed by atoms with Gasteiger partial charge in [-0.1, -0.05) is 11.6 Å². The number of halogens is 1. The van der Waals surface area contributed by atoms with E-state index in [1.54, 1.807) is 18.7 Å². The summed E-state index contributed by atoms with van der Waals surface area (Å²) in [5.74, 6) is -0.422. The number of nitrogens with zero attached hydrogens (tertiary/aromatic N) is 2. The molecule has 0 aliphatic carbocycles. The van der Waals surface area contributed by atoms with Crippen molar-refractivity contribution < 1.29 is 9.53 Å². The molecule has 0 aliphatic heterocycles. The third kappa shape index (κ3) is 2.94. The molecule has 0 saturated carbocycles. The maximum Gasteiger partial charge on any atom is 0.323 e. The number of hydrogen-bond acceptors (Lipinski definition) is 4. The number of nitrogens with two attached hydrogens (primary N) is 1. The van der Waals surface area contributed by atoms with Crippen molar-refractivity contribution in [3.05, 3.63) is 16.9 Å².